The monoisotopic (exact) mass is 199 g/mol. The summed E-state index contributed by atoms with van der Waals surface area (Å²) >= 11 is 0. The molecule has 0 aromatic carbocycles. The Labute approximate surface area is 90.9 Å². The highest BCUT2D eigenvalue weighted by Crippen LogP contribution is 2.50. The highest BCUT2D eigenvalue weighted by Gasteiger charge is 2.46. The Bertz CT molecular complexity index is 377. The molecule has 3 aliphatic carbocycles. The molecule has 0 amide bonds. The number of fused-ring (bicyclic) bond motifs is 2. The van der Waals surface area contributed by atoms with Crippen LogP contribution in [-0.2, 0) is 0 Å². The molecular weight excluding hydrogens is 182 g/mol. The molecule has 1 heteroatoms. The second-order valence-electron chi connectivity index (χ2n) is 5.47. The molecule has 2 aliphatic heterocycles. The Morgan fingerprint density at radius 3 is 3.00 bits per heavy atom. The maximum Gasteiger partial charge on any atom is 0.0261 e. The molecule has 1 saturated carbocycles. The first-order chi connectivity index (χ1) is 7.42. The van der Waals surface area contributed by atoms with Crippen molar-refractivity contribution in [3.63, 3.8) is 0 Å². The van der Waals surface area contributed by atoms with Gasteiger partial charge in [-0.25, -0.2) is 0 Å². The Balaban J connectivity index is 1.81. The summed E-state index contributed by atoms with van der Waals surface area (Å²) in [6.45, 7) is 0. The second-order valence-corrected chi connectivity index (χ2v) is 5.47. The third kappa shape index (κ3) is 1.04. The molecule has 2 heterocycles. The van der Waals surface area contributed by atoms with Crippen LogP contribution in [0.2, 0.25) is 0 Å². The number of hydrogen-bond acceptors (Lipinski definition) is 1. The standard InChI is InChI=1S/C14H17N/c1-2-4-11-9(3-1)7-14-12-6-5-10(15-14)8-13(11)12/h1-4,7,9-13,15H,5-6,8H2. The Morgan fingerprint density at radius 2 is 2.07 bits per heavy atom. The van der Waals surface area contributed by atoms with Crippen molar-refractivity contribution < 1.29 is 0 Å². The van der Waals surface area contributed by atoms with Crippen molar-refractivity contribution in [2.24, 2.45) is 23.7 Å². The van der Waals surface area contributed by atoms with Gasteiger partial charge in [-0.3, -0.25) is 0 Å². The zero-order valence-corrected chi connectivity index (χ0v) is 8.89. The van der Waals surface area contributed by atoms with Crippen LogP contribution in [0.15, 0.2) is 36.1 Å². The first kappa shape index (κ1) is 8.20. The molecule has 1 N–H and O–H groups in total. The van der Waals surface area contributed by atoms with E-state index in [4.69, 9.17) is 0 Å². The van der Waals surface area contributed by atoms with E-state index < -0.39 is 0 Å². The molecular formula is C14H17N. The van der Waals surface area contributed by atoms with E-state index in [9.17, 15) is 0 Å². The summed E-state index contributed by atoms with van der Waals surface area (Å²) in [5.41, 5.74) is 1.57. The summed E-state index contributed by atoms with van der Waals surface area (Å²) in [4.78, 5) is 0. The van der Waals surface area contributed by atoms with Gasteiger partial charge in [0, 0.05) is 23.6 Å². The van der Waals surface area contributed by atoms with Crippen molar-refractivity contribution in [2.45, 2.75) is 25.3 Å². The van der Waals surface area contributed by atoms with Gasteiger partial charge >= 0.3 is 0 Å². The second kappa shape index (κ2) is 2.78. The lowest BCUT2D eigenvalue weighted by atomic mass is 9.59. The lowest BCUT2D eigenvalue weighted by Crippen LogP contribution is -2.52. The first-order valence-electron chi connectivity index (χ1n) is 6.25. The lowest BCUT2D eigenvalue weighted by molar-refractivity contribution is 0.107. The van der Waals surface area contributed by atoms with Gasteiger partial charge in [-0.2, -0.15) is 0 Å². The third-order valence-corrected chi connectivity index (χ3v) is 4.76. The van der Waals surface area contributed by atoms with E-state index in [1.165, 1.54) is 19.3 Å². The molecule has 4 bridgehead atoms. The van der Waals surface area contributed by atoms with E-state index in [0.717, 1.165) is 23.8 Å². The van der Waals surface area contributed by atoms with Gasteiger partial charge in [0.05, 0.1) is 0 Å². The van der Waals surface area contributed by atoms with Crippen molar-refractivity contribution in [3.05, 3.63) is 36.1 Å². The number of piperidine rings is 2. The maximum absolute atomic E-state index is 3.72. The van der Waals surface area contributed by atoms with Gasteiger partial charge in [-0.15, -0.1) is 0 Å². The van der Waals surface area contributed by atoms with Crippen LogP contribution in [0, 0.1) is 23.7 Å². The Morgan fingerprint density at radius 1 is 1.13 bits per heavy atom. The van der Waals surface area contributed by atoms with Crippen molar-refractivity contribution in [2.75, 3.05) is 0 Å². The van der Waals surface area contributed by atoms with Crippen LogP contribution in [0.4, 0.5) is 0 Å². The molecule has 5 rings (SSSR count). The largest absolute Gasteiger partial charge is 0.386 e. The molecule has 3 fully saturated rings. The zero-order chi connectivity index (χ0) is 9.83. The number of hydrogen-bond donors (Lipinski definition) is 1. The minimum Gasteiger partial charge on any atom is -0.386 e. The van der Waals surface area contributed by atoms with Crippen LogP contribution >= 0.6 is 0 Å². The fourth-order valence-electron chi connectivity index (χ4n) is 4.11. The van der Waals surface area contributed by atoms with Crippen LogP contribution in [0.25, 0.3) is 0 Å². The predicted molar refractivity (Wildman–Crippen MR) is 61.1 cm³/mol. The van der Waals surface area contributed by atoms with Crippen LogP contribution in [0.1, 0.15) is 19.3 Å². The summed E-state index contributed by atoms with van der Waals surface area (Å²) in [7, 11) is 0. The average molecular weight is 199 g/mol. The van der Waals surface area contributed by atoms with Crippen LogP contribution in [0.5, 0.6) is 0 Å². The molecule has 5 atom stereocenters. The fraction of sp³-hybridized carbons (Fsp3) is 0.571. The van der Waals surface area contributed by atoms with E-state index in [0.29, 0.717) is 5.92 Å². The quantitative estimate of drug-likeness (QED) is 0.632. The molecule has 0 aromatic heterocycles. The smallest absolute Gasteiger partial charge is 0.0261 e. The van der Waals surface area contributed by atoms with Gasteiger partial charge in [0.15, 0.2) is 0 Å². The third-order valence-electron chi connectivity index (χ3n) is 4.76. The van der Waals surface area contributed by atoms with Gasteiger partial charge in [0.25, 0.3) is 0 Å². The van der Waals surface area contributed by atoms with Gasteiger partial charge in [-0.05, 0) is 31.1 Å². The number of rotatable bonds is 0. The Hall–Kier alpha value is -0.980. The summed E-state index contributed by atoms with van der Waals surface area (Å²) in [5.74, 6) is 3.26. The van der Waals surface area contributed by atoms with E-state index in [-0.39, 0.29) is 0 Å². The van der Waals surface area contributed by atoms with Crippen molar-refractivity contribution in [1.82, 2.24) is 5.32 Å². The van der Waals surface area contributed by atoms with E-state index in [1.54, 1.807) is 5.70 Å². The Kier molecular flexibility index (Phi) is 1.52. The molecule has 2 saturated heterocycles. The molecule has 1 nitrogen and oxygen atoms in total. The van der Waals surface area contributed by atoms with Gasteiger partial charge in [-0.1, -0.05) is 30.4 Å². The molecule has 5 unspecified atom stereocenters. The van der Waals surface area contributed by atoms with E-state index >= 15 is 0 Å². The van der Waals surface area contributed by atoms with Crippen molar-refractivity contribution in [3.8, 4) is 0 Å². The average Bonchev–Trinajstić information content (AvgIpc) is 2.29. The highest BCUT2D eigenvalue weighted by atomic mass is 15.0. The molecule has 15 heavy (non-hydrogen) atoms. The fourth-order valence-corrected chi connectivity index (χ4v) is 4.11. The van der Waals surface area contributed by atoms with Crippen molar-refractivity contribution in [1.29, 1.82) is 0 Å². The molecule has 5 aliphatic rings. The van der Waals surface area contributed by atoms with Crippen LogP contribution < -0.4 is 5.32 Å². The highest BCUT2D eigenvalue weighted by molar-refractivity contribution is 5.30. The van der Waals surface area contributed by atoms with E-state index in [1.807, 2.05) is 0 Å². The molecule has 0 aromatic rings. The summed E-state index contributed by atoms with van der Waals surface area (Å²) in [6, 6.07) is 0.784. The van der Waals surface area contributed by atoms with Gasteiger partial charge in [0.1, 0.15) is 0 Å². The summed E-state index contributed by atoms with van der Waals surface area (Å²) in [6.07, 6.45) is 16.0. The first-order valence-corrected chi connectivity index (χ1v) is 6.25. The normalized spacial score (nSPS) is 49.6. The van der Waals surface area contributed by atoms with Gasteiger partial charge < -0.3 is 5.32 Å². The molecule has 0 spiro atoms. The number of nitrogens with one attached hydrogen (secondary N) is 1. The predicted octanol–water partition coefficient (Wildman–Crippen LogP) is 2.63. The lowest BCUT2D eigenvalue weighted by Gasteiger charge is -2.52. The van der Waals surface area contributed by atoms with Crippen molar-refractivity contribution >= 4 is 0 Å². The molecule has 78 valence electrons. The summed E-state index contributed by atoms with van der Waals surface area (Å²) in [5, 5.41) is 3.72. The topological polar surface area (TPSA) is 12.0 Å². The number of allylic oxidation sites excluding steroid dienone is 6. The zero-order valence-electron chi connectivity index (χ0n) is 8.89. The SMILES string of the molecule is C1=CC2C=C3NC4CCC3C(C4)C2C=C1. The minimum atomic E-state index is 0.679. The van der Waals surface area contributed by atoms with Gasteiger partial charge in [0.2, 0.25) is 0 Å². The van der Waals surface area contributed by atoms with Crippen LogP contribution in [-0.4, -0.2) is 6.04 Å². The van der Waals surface area contributed by atoms with Crippen LogP contribution in [0.3, 0.4) is 0 Å². The minimum absolute atomic E-state index is 0.679. The summed E-state index contributed by atoms with van der Waals surface area (Å²) < 4.78 is 0. The molecule has 0 radical (unpaired) electrons. The van der Waals surface area contributed by atoms with E-state index in [2.05, 4.69) is 35.7 Å². The maximum atomic E-state index is 3.72.